The van der Waals surface area contributed by atoms with Gasteiger partial charge in [0.2, 0.25) is 5.91 Å². The summed E-state index contributed by atoms with van der Waals surface area (Å²) in [5.74, 6) is -1.60. The predicted octanol–water partition coefficient (Wildman–Crippen LogP) is -0.0528. The van der Waals surface area contributed by atoms with Crippen LogP contribution in [0.2, 0.25) is 0 Å². The Kier molecular flexibility index (Phi) is 2.45. The first-order chi connectivity index (χ1) is 10.6. The third-order valence-electron chi connectivity index (χ3n) is 6.44. The summed E-state index contributed by atoms with van der Waals surface area (Å²) in [6.07, 6.45) is 5.64. The molecule has 6 aliphatic heterocycles. The van der Waals surface area contributed by atoms with Crippen LogP contribution in [0, 0.1) is 17.8 Å². The molecule has 6 heteroatoms. The van der Waals surface area contributed by atoms with E-state index in [1.165, 1.54) is 0 Å². The number of hydrogen-bond donors (Lipinski definition) is 1. The maximum Gasteiger partial charge on any atom is 0.310 e. The van der Waals surface area contributed by atoms with E-state index >= 15 is 0 Å². The Morgan fingerprint density at radius 3 is 2.77 bits per heavy atom. The largest absolute Gasteiger partial charge is 0.481 e. The van der Waals surface area contributed by atoms with Gasteiger partial charge in [0.15, 0.2) is 0 Å². The van der Waals surface area contributed by atoms with Crippen molar-refractivity contribution in [2.75, 3.05) is 26.2 Å². The summed E-state index contributed by atoms with van der Waals surface area (Å²) in [6, 6.07) is 0.237. The van der Waals surface area contributed by atoms with Crippen molar-refractivity contribution >= 4 is 11.9 Å². The van der Waals surface area contributed by atoms with Gasteiger partial charge in [-0.25, -0.2) is 0 Å². The minimum Gasteiger partial charge on any atom is -0.481 e. The highest BCUT2D eigenvalue weighted by molar-refractivity contribution is 5.91. The minimum atomic E-state index is -0.912. The van der Waals surface area contributed by atoms with Crippen molar-refractivity contribution < 1.29 is 19.4 Å². The molecule has 5 atom stereocenters. The number of hydrogen-bond acceptors (Lipinski definition) is 4. The van der Waals surface area contributed by atoms with Gasteiger partial charge in [0.25, 0.3) is 0 Å². The number of aliphatic carboxylic acids is 1. The normalized spacial score (nSPS) is 51.6. The number of likely N-dealkylation sites (tertiary alicyclic amines) is 1. The summed E-state index contributed by atoms with van der Waals surface area (Å²) in [5, 5.41) is 9.51. The van der Waals surface area contributed by atoms with Crippen LogP contribution < -0.4 is 0 Å². The second kappa shape index (κ2) is 4.11. The molecule has 0 aliphatic carbocycles. The van der Waals surface area contributed by atoms with E-state index in [2.05, 4.69) is 4.90 Å². The van der Waals surface area contributed by atoms with Gasteiger partial charge < -0.3 is 19.6 Å². The highest BCUT2D eigenvalue weighted by Gasteiger charge is 2.68. The van der Waals surface area contributed by atoms with Crippen LogP contribution in [-0.2, 0) is 14.3 Å². The van der Waals surface area contributed by atoms with E-state index in [0.717, 1.165) is 32.5 Å². The Bertz CT molecular complexity index is 583. The topological polar surface area (TPSA) is 70.1 Å². The zero-order valence-corrected chi connectivity index (χ0v) is 12.4. The Balaban J connectivity index is 1.48. The molecule has 1 N–H and O–H groups in total. The van der Waals surface area contributed by atoms with Gasteiger partial charge in [0.1, 0.15) is 11.5 Å². The molecule has 0 saturated carbocycles. The molecule has 0 radical (unpaired) electrons. The fraction of sp³-hybridized carbons (Fsp3) is 0.750. The molecule has 6 heterocycles. The van der Waals surface area contributed by atoms with Crippen LogP contribution >= 0.6 is 0 Å². The van der Waals surface area contributed by atoms with Gasteiger partial charge in [0.05, 0.1) is 18.6 Å². The Labute approximate surface area is 128 Å². The molecule has 0 aromatic heterocycles. The second-order valence-electron chi connectivity index (χ2n) is 7.41. The van der Waals surface area contributed by atoms with Gasteiger partial charge >= 0.3 is 5.97 Å². The number of rotatable bonds is 2. The molecule has 4 bridgehead atoms. The van der Waals surface area contributed by atoms with Gasteiger partial charge in [-0.2, -0.15) is 0 Å². The molecule has 118 valence electrons. The van der Waals surface area contributed by atoms with Crippen LogP contribution in [0.1, 0.15) is 12.8 Å². The predicted molar refractivity (Wildman–Crippen MR) is 76.0 cm³/mol. The number of amides is 1. The Hall–Kier alpha value is -1.40. The van der Waals surface area contributed by atoms with E-state index < -0.39 is 29.5 Å². The van der Waals surface area contributed by atoms with E-state index in [1.54, 1.807) is 0 Å². The number of carboxylic acid groups (broad SMARTS) is 1. The number of carbonyl (C=O) groups excluding carboxylic acids is 1. The molecule has 22 heavy (non-hydrogen) atoms. The molecule has 0 aromatic rings. The van der Waals surface area contributed by atoms with Crippen molar-refractivity contribution in [1.82, 2.24) is 9.80 Å². The molecule has 0 unspecified atom stereocenters. The zero-order chi connectivity index (χ0) is 15.1. The lowest BCUT2D eigenvalue weighted by Crippen LogP contribution is -2.58. The average Bonchev–Trinajstić information content (AvgIpc) is 3.16. The quantitative estimate of drug-likeness (QED) is 0.724. The average molecular weight is 304 g/mol. The van der Waals surface area contributed by atoms with Crippen molar-refractivity contribution in [3.05, 3.63) is 12.2 Å². The lowest BCUT2D eigenvalue weighted by Gasteiger charge is -2.48. The summed E-state index contributed by atoms with van der Waals surface area (Å²) in [7, 11) is 0. The SMILES string of the molecule is O=C(O)[C@@H]1[C@H]2C=C[C@@]3(CN([C@@H]4CN5CCC4CC5)C(=O)[C@@H]13)O2. The minimum absolute atomic E-state index is 0.00185. The van der Waals surface area contributed by atoms with Crippen molar-refractivity contribution in [3.63, 3.8) is 0 Å². The highest BCUT2D eigenvalue weighted by atomic mass is 16.5. The molecule has 6 rings (SSSR count). The van der Waals surface area contributed by atoms with E-state index in [4.69, 9.17) is 4.74 Å². The molecule has 6 aliphatic rings. The summed E-state index contributed by atoms with van der Waals surface area (Å²) in [6.45, 7) is 3.73. The molecule has 1 spiro atoms. The fourth-order valence-corrected chi connectivity index (χ4v) is 5.38. The van der Waals surface area contributed by atoms with Crippen molar-refractivity contribution in [1.29, 1.82) is 0 Å². The molecule has 5 saturated heterocycles. The molecule has 5 fully saturated rings. The van der Waals surface area contributed by atoms with Crippen LogP contribution in [0.4, 0.5) is 0 Å². The third kappa shape index (κ3) is 1.47. The summed E-state index contributed by atoms with van der Waals surface area (Å²) >= 11 is 0. The van der Waals surface area contributed by atoms with Crippen LogP contribution in [0.5, 0.6) is 0 Å². The number of carboxylic acids is 1. The number of carbonyl (C=O) groups is 2. The van der Waals surface area contributed by atoms with Crippen LogP contribution in [0.3, 0.4) is 0 Å². The first-order valence-corrected chi connectivity index (χ1v) is 8.22. The zero-order valence-electron chi connectivity index (χ0n) is 12.4. The summed E-state index contributed by atoms with van der Waals surface area (Å²) in [4.78, 5) is 29.0. The molecular formula is C16H20N2O4. The summed E-state index contributed by atoms with van der Waals surface area (Å²) < 4.78 is 5.96. The smallest absolute Gasteiger partial charge is 0.310 e. The number of nitrogens with zero attached hydrogens (tertiary/aromatic N) is 2. The summed E-state index contributed by atoms with van der Waals surface area (Å²) in [5.41, 5.74) is -0.684. The molecule has 0 aromatic carbocycles. The highest BCUT2D eigenvalue weighted by Crippen LogP contribution is 2.53. The molecule has 1 amide bonds. The van der Waals surface area contributed by atoms with Crippen molar-refractivity contribution in [2.24, 2.45) is 17.8 Å². The van der Waals surface area contributed by atoms with Crippen LogP contribution in [0.15, 0.2) is 12.2 Å². The Morgan fingerprint density at radius 2 is 2.14 bits per heavy atom. The van der Waals surface area contributed by atoms with Gasteiger partial charge in [0, 0.05) is 12.6 Å². The van der Waals surface area contributed by atoms with E-state index in [1.807, 2.05) is 17.1 Å². The maximum absolute atomic E-state index is 13.0. The number of fused-ring (bicyclic) bond motifs is 4. The van der Waals surface area contributed by atoms with Gasteiger partial charge in [-0.1, -0.05) is 12.2 Å². The maximum atomic E-state index is 13.0. The van der Waals surface area contributed by atoms with Gasteiger partial charge in [-0.3, -0.25) is 9.59 Å². The molecular weight excluding hydrogens is 284 g/mol. The van der Waals surface area contributed by atoms with E-state index in [-0.39, 0.29) is 11.9 Å². The van der Waals surface area contributed by atoms with E-state index in [9.17, 15) is 14.7 Å². The molecule has 6 nitrogen and oxygen atoms in total. The monoisotopic (exact) mass is 304 g/mol. The van der Waals surface area contributed by atoms with Crippen LogP contribution in [0.25, 0.3) is 0 Å². The standard InChI is InChI=1S/C16H20N2O4/c19-14-13-12(15(20)21)11-1-4-16(13,22-11)8-18(14)10-7-17-5-2-9(10)3-6-17/h1,4,9-13H,2-3,5-8H2,(H,20,21)/t10-,11-,12-,13-,16+/m1/s1. The van der Waals surface area contributed by atoms with Crippen LogP contribution in [-0.4, -0.2) is 70.7 Å². The van der Waals surface area contributed by atoms with Crippen molar-refractivity contribution in [2.45, 2.75) is 30.6 Å². The second-order valence-corrected chi connectivity index (χ2v) is 7.41. The van der Waals surface area contributed by atoms with Crippen molar-refractivity contribution in [3.8, 4) is 0 Å². The first-order valence-electron chi connectivity index (χ1n) is 8.22. The Morgan fingerprint density at radius 1 is 1.36 bits per heavy atom. The number of piperidine rings is 3. The fourth-order valence-electron chi connectivity index (χ4n) is 5.38. The first kappa shape index (κ1) is 13.1. The third-order valence-corrected chi connectivity index (χ3v) is 6.44. The van der Waals surface area contributed by atoms with Gasteiger partial charge in [-0.05, 0) is 31.8 Å². The lowest BCUT2D eigenvalue weighted by atomic mass is 9.77. The van der Waals surface area contributed by atoms with Gasteiger partial charge in [-0.15, -0.1) is 0 Å². The van der Waals surface area contributed by atoms with E-state index in [0.29, 0.717) is 12.5 Å². The number of ether oxygens (including phenoxy) is 1. The lowest BCUT2D eigenvalue weighted by molar-refractivity contribution is -0.149.